The van der Waals surface area contributed by atoms with E-state index in [-0.39, 0.29) is 0 Å². The smallest absolute Gasteiger partial charge is 0.165 e. The molecule has 0 aliphatic heterocycles. The Labute approximate surface area is 88.1 Å². The van der Waals surface area contributed by atoms with E-state index in [0.29, 0.717) is 5.56 Å². The van der Waals surface area contributed by atoms with Gasteiger partial charge in [-0.3, -0.25) is 0 Å². The van der Waals surface area contributed by atoms with Gasteiger partial charge in [-0.1, -0.05) is 41.9 Å². The number of aliphatic hydroxyl groups is 1. The monoisotopic (exact) mass is 207 g/mol. The second-order valence-corrected chi connectivity index (χ2v) is 3.09. The zero-order valence-electron chi connectivity index (χ0n) is 7.52. The van der Waals surface area contributed by atoms with Gasteiger partial charge in [0.15, 0.2) is 6.10 Å². The average Bonchev–Trinajstić information content (AvgIpc) is 2.26. The first-order valence-electron chi connectivity index (χ1n) is 4.19. The Morgan fingerprint density at radius 2 is 2.07 bits per heavy atom. The van der Waals surface area contributed by atoms with E-state index < -0.39 is 6.10 Å². The number of nitrogens with zero attached hydrogens (tertiary/aromatic N) is 1. The molecular formula is C11H10ClNO. The minimum Gasteiger partial charge on any atom is -0.374 e. The first-order chi connectivity index (χ1) is 6.77. The van der Waals surface area contributed by atoms with Crippen molar-refractivity contribution < 1.29 is 5.11 Å². The molecule has 0 saturated carbocycles. The maximum Gasteiger partial charge on any atom is 0.165 e. The van der Waals surface area contributed by atoms with Gasteiger partial charge in [0.2, 0.25) is 0 Å². The van der Waals surface area contributed by atoms with Crippen molar-refractivity contribution in [1.29, 1.82) is 5.26 Å². The lowest BCUT2D eigenvalue weighted by Crippen LogP contribution is -1.93. The molecule has 0 spiro atoms. The second kappa shape index (κ2) is 5.43. The normalized spacial score (nSPS) is 12.6. The van der Waals surface area contributed by atoms with E-state index >= 15 is 0 Å². The molecule has 3 heteroatoms. The minimum absolute atomic E-state index is 0.617. The first-order valence-corrected chi connectivity index (χ1v) is 4.63. The summed E-state index contributed by atoms with van der Waals surface area (Å²) in [5.74, 6) is 0. The van der Waals surface area contributed by atoms with Gasteiger partial charge in [-0.25, -0.2) is 0 Å². The Morgan fingerprint density at radius 3 is 2.57 bits per heavy atom. The minimum atomic E-state index is -1.03. The molecule has 0 fully saturated rings. The highest BCUT2D eigenvalue weighted by atomic mass is 35.5. The van der Waals surface area contributed by atoms with E-state index in [1.54, 1.807) is 18.2 Å². The van der Waals surface area contributed by atoms with E-state index in [4.69, 9.17) is 16.9 Å². The van der Waals surface area contributed by atoms with Crippen molar-refractivity contribution in [2.45, 2.75) is 12.5 Å². The van der Waals surface area contributed by atoms with Crippen LogP contribution < -0.4 is 0 Å². The standard InChI is InChI=1S/C11H10ClNO/c12-7-1-2-9-3-5-10(6-4-9)11(14)8-13/h1,3-7,11,14H,2H2. The molecule has 1 atom stereocenters. The van der Waals surface area contributed by atoms with Crippen LogP contribution in [-0.2, 0) is 6.42 Å². The number of aliphatic hydroxyl groups excluding tert-OH is 1. The zero-order chi connectivity index (χ0) is 10.4. The maximum absolute atomic E-state index is 9.20. The predicted octanol–water partition coefficient (Wildman–Crippen LogP) is 2.54. The highest BCUT2D eigenvalue weighted by Gasteiger charge is 2.03. The van der Waals surface area contributed by atoms with Crippen LogP contribution in [0.2, 0.25) is 0 Å². The molecule has 1 rings (SSSR count). The number of allylic oxidation sites excluding steroid dienone is 1. The number of rotatable bonds is 3. The van der Waals surface area contributed by atoms with Crippen LogP contribution in [0.25, 0.3) is 0 Å². The number of halogens is 1. The lowest BCUT2D eigenvalue weighted by molar-refractivity contribution is 0.236. The molecular weight excluding hydrogens is 198 g/mol. The Hall–Kier alpha value is -1.30. The van der Waals surface area contributed by atoms with Gasteiger partial charge in [-0.2, -0.15) is 5.26 Å². The van der Waals surface area contributed by atoms with Crippen molar-refractivity contribution in [1.82, 2.24) is 0 Å². The molecule has 0 aliphatic rings. The van der Waals surface area contributed by atoms with Gasteiger partial charge >= 0.3 is 0 Å². The van der Waals surface area contributed by atoms with Gasteiger partial charge in [-0.05, 0) is 17.5 Å². The van der Waals surface area contributed by atoms with Crippen molar-refractivity contribution in [3.63, 3.8) is 0 Å². The lowest BCUT2D eigenvalue weighted by atomic mass is 10.1. The summed E-state index contributed by atoms with van der Waals surface area (Å²) in [4.78, 5) is 0. The van der Waals surface area contributed by atoms with Crippen LogP contribution in [0.3, 0.4) is 0 Å². The maximum atomic E-state index is 9.20. The summed E-state index contributed by atoms with van der Waals surface area (Å²) in [5.41, 5.74) is 3.18. The Bertz CT molecular complexity index is 351. The number of hydrogen-bond donors (Lipinski definition) is 1. The summed E-state index contributed by atoms with van der Waals surface area (Å²) in [7, 11) is 0. The Morgan fingerprint density at radius 1 is 1.43 bits per heavy atom. The Kier molecular flexibility index (Phi) is 4.18. The number of nitriles is 1. The molecule has 72 valence electrons. The first kappa shape index (κ1) is 10.8. The van der Waals surface area contributed by atoms with Gasteiger partial charge in [0.1, 0.15) is 0 Å². The molecule has 14 heavy (non-hydrogen) atoms. The summed E-state index contributed by atoms with van der Waals surface area (Å²) in [5, 5.41) is 17.7. The Balaban J connectivity index is 2.74. The fraction of sp³-hybridized carbons (Fsp3) is 0.182. The lowest BCUT2D eigenvalue weighted by Gasteiger charge is -2.02. The van der Waals surface area contributed by atoms with Crippen molar-refractivity contribution in [3.05, 3.63) is 47.0 Å². The number of benzene rings is 1. The van der Waals surface area contributed by atoms with Crippen molar-refractivity contribution >= 4 is 11.6 Å². The highest BCUT2D eigenvalue weighted by molar-refractivity contribution is 6.25. The van der Waals surface area contributed by atoms with Crippen molar-refractivity contribution in [2.75, 3.05) is 0 Å². The van der Waals surface area contributed by atoms with Gasteiger partial charge in [-0.15, -0.1) is 0 Å². The van der Waals surface area contributed by atoms with E-state index in [9.17, 15) is 5.11 Å². The molecule has 1 N–H and O–H groups in total. The van der Waals surface area contributed by atoms with Crippen LogP contribution in [0.1, 0.15) is 17.2 Å². The fourth-order valence-electron chi connectivity index (χ4n) is 1.09. The van der Waals surface area contributed by atoms with E-state index in [1.165, 1.54) is 5.54 Å². The quantitative estimate of drug-likeness (QED) is 0.775. The summed E-state index contributed by atoms with van der Waals surface area (Å²) >= 11 is 5.39. The third kappa shape index (κ3) is 2.88. The summed E-state index contributed by atoms with van der Waals surface area (Å²) in [6.07, 6.45) is 1.55. The third-order valence-electron chi connectivity index (χ3n) is 1.86. The largest absolute Gasteiger partial charge is 0.374 e. The summed E-state index contributed by atoms with van der Waals surface area (Å²) in [6.45, 7) is 0. The van der Waals surface area contributed by atoms with Gasteiger partial charge in [0.05, 0.1) is 6.07 Å². The molecule has 0 aliphatic carbocycles. The van der Waals surface area contributed by atoms with Crippen molar-refractivity contribution in [2.24, 2.45) is 0 Å². The molecule has 0 heterocycles. The van der Waals surface area contributed by atoms with Crippen molar-refractivity contribution in [3.8, 4) is 6.07 Å². The van der Waals surface area contributed by atoms with E-state index in [1.807, 2.05) is 18.2 Å². The van der Waals surface area contributed by atoms with Gasteiger partial charge in [0, 0.05) is 5.54 Å². The SMILES string of the molecule is N#CC(O)c1ccc(CC=CCl)cc1. The van der Waals surface area contributed by atoms with Crippen LogP contribution >= 0.6 is 11.6 Å². The fourth-order valence-corrected chi connectivity index (χ4v) is 1.18. The van der Waals surface area contributed by atoms with Gasteiger partial charge < -0.3 is 5.11 Å². The molecule has 1 aromatic rings. The molecule has 0 radical (unpaired) electrons. The van der Waals surface area contributed by atoms with Crippen LogP contribution in [0.4, 0.5) is 0 Å². The molecule has 0 amide bonds. The molecule has 2 nitrogen and oxygen atoms in total. The molecule has 0 bridgehead atoms. The second-order valence-electron chi connectivity index (χ2n) is 2.84. The molecule has 1 aromatic carbocycles. The summed E-state index contributed by atoms with van der Waals surface area (Å²) in [6, 6.07) is 8.98. The van der Waals surface area contributed by atoms with E-state index in [2.05, 4.69) is 0 Å². The van der Waals surface area contributed by atoms with Crippen LogP contribution in [0.15, 0.2) is 35.9 Å². The number of hydrogen-bond acceptors (Lipinski definition) is 2. The van der Waals surface area contributed by atoms with Crippen LogP contribution in [0.5, 0.6) is 0 Å². The van der Waals surface area contributed by atoms with E-state index in [0.717, 1.165) is 12.0 Å². The van der Waals surface area contributed by atoms with Gasteiger partial charge in [0.25, 0.3) is 0 Å². The van der Waals surface area contributed by atoms with Crippen LogP contribution in [-0.4, -0.2) is 5.11 Å². The average molecular weight is 208 g/mol. The highest BCUT2D eigenvalue weighted by Crippen LogP contribution is 2.13. The molecule has 0 aromatic heterocycles. The zero-order valence-corrected chi connectivity index (χ0v) is 8.28. The third-order valence-corrected chi connectivity index (χ3v) is 2.04. The molecule has 1 unspecified atom stereocenters. The molecule has 0 saturated heterocycles. The summed E-state index contributed by atoms with van der Waals surface area (Å²) < 4.78 is 0. The topological polar surface area (TPSA) is 44.0 Å². The van der Waals surface area contributed by atoms with Crippen LogP contribution in [0, 0.1) is 11.3 Å². The predicted molar refractivity (Wildman–Crippen MR) is 55.7 cm³/mol.